The molecular formula is C10H17NO. The Morgan fingerprint density at radius 1 is 1.58 bits per heavy atom. The van der Waals surface area contributed by atoms with E-state index >= 15 is 0 Å². The lowest BCUT2D eigenvalue weighted by atomic mass is 9.91. The fourth-order valence-electron chi connectivity index (χ4n) is 1.46. The second kappa shape index (κ2) is 3.31. The van der Waals surface area contributed by atoms with E-state index in [2.05, 4.69) is 6.92 Å². The highest BCUT2D eigenvalue weighted by atomic mass is 16.3. The molecule has 0 aliphatic heterocycles. The van der Waals surface area contributed by atoms with E-state index in [1.54, 1.807) is 6.26 Å². The smallest absolute Gasteiger partial charge is 0.106 e. The average Bonchev–Trinajstić information content (AvgIpc) is 2.32. The maximum atomic E-state index is 5.90. The third-order valence-electron chi connectivity index (χ3n) is 1.86. The van der Waals surface area contributed by atoms with Gasteiger partial charge in [0.25, 0.3) is 0 Å². The van der Waals surface area contributed by atoms with E-state index in [9.17, 15) is 0 Å². The summed E-state index contributed by atoms with van der Waals surface area (Å²) < 4.78 is 5.29. The molecule has 0 aliphatic carbocycles. The van der Waals surface area contributed by atoms with Gasteiger partial charge in [0, 0.05) is 11.5 Å². The second-order valence-electron chi connectivity index (χ2n) is 4.11. The predicted molar refractivity (Wildman–Crippen MR) is 50.0 cm³/mol. The maximum Gasteiger partial charge on any atom is 0.106 e. The summed E-state index contributed by atoms with van der Waals surface area (Å²) in [6.45, 7) is 6.20. The van der Waals surface area contributed by atoms with Crippen LogP contribution in [0.5, 0.6) is 0 Å². The number of nitrogens with two attached hydrogens (primary N) is 1. The predicted octanol–water partition coefficient (Wildman–Crippen LogP) is 2.51. The van der Waals surface area contributed by atoms with Gasteiger partial charge < -0.3 is 10.2 Å². The molecule has 0 saturated carbocycles. The van der Waals surface area contributed by atoms with Crippen molar-refractivity contribution in [2.24, 2.45) is 5.73 Å². The van der Waals surface area contributed by atoms with Gasteiger partial charge in [0.2, 0.25) is 0 Å². The van der Waals surface area contributed by atoms with Gasteiger partial charge >= 0.3 is 0 Å². The van der Waals surface area contributed by atoms with Crippen LogP contribution in [0.4, 0.5) is 0 Å². The quantitative estimate of drug-likeness (QED) is 0.751. The summed E-state index contributed by atoms with van der Waals surface area (Å²) in [6, 6.07) is 3.91. The van der Waals surface area contributed by atoms with Gasteiger partial charge in [-0.2, -0.15) is 0 Å². The molecule has 1 aromatic heterocycles. The third-order valence-corrected chi connectivity index (χ3v) is 1.86. The molecule has 0 fully saturated rings. The fraction of sp³-hybridized carbons (Fsp3) is 0.600. The lowest BCUT2D eigenvalue weighted by Crippen LogP contribution is -2.33. The van der Waals surface area contributed by atoms with Gasteiger partial charge in [-0.3, -0.25) is 0 Å². The van der Waals surface area contributed by atoms with Crippen molar-refractivity contribution in [1.29, 1.82) is 0 Å². The second-order valence-corrected chi connectivity index (χ2v) is 4.11. The Labute approximate surface area is 73.8 Å². The van der Waals surface area contributed by atoms with E-state index in [0.29, 0.717) is 5.92 Å². The molecule has 0 aromatic carbocycles. The first-order valence-corrected chi connectivity index (χ1v) is 4.31. The van der Waals surface area contributed by atoms with Crippen LogP contribution in [0.1, 0.15) is 38.9 Å². The fourth-order valence-corrected chi connectivity index (χ4v) is 1.46. The van der Waals surface area contributed by atoms with Gasteiger partial charge in [0.1, 0.15) is 5.76 Å². The van der Waals surface area contributed by atoms with Crippen LogP contribution in [0.2, 0.25) is 0 Å². The van der Waals surface area contributed by atoms with Crippen LogP contribution in [0.25, 0.3) is 0 Å². The topological polar surface area (TPSA) is 39.2 Å². The highest BCUT2D eigenvalue weighted by Crippen LogP contribution is 2.24. The Morgan fingerprint density at radius 3 is 2.67 bits per heavy atom. The molecule has 2 nitrogen and oxygen atoms in total. The summed E-state index contributed by atoms with van der Waals surface area (Å²) in [6.07, 6.45) is 2.65. The maximum absolute atomic E-state index is 5.90. The molecule has 0 saturated heterocycles. The lowest BCUT2D eigenvalue weighted by Gasteiger charge is -2.21. The number of rotatable bonds is 3. The zero-order chi connectivity index (χ0) is 9.19. The van der Waals surface area contributed by atoms with Crippen molar-refractivity contribution in [2.75, 3.05) is 0 Å². The highest BCUT2D eigenvalue weighted by molar-refractivity contribution is 5.05. The first-order chi connectivity index (χ1) is 5.49. The summed E-state index contributed by atoms with van der Waals surface area (Å²) >= 11 is 0. The monoisotopic (exact) mass is 167 g/mol. The minimum Gasteiger partial charge on any atom is -0.469 e. The van der Waals surface area contributed by atoms with E-state index in [-0.39, 0.29) is 5.54 Å². The Balaban J connectivity index is 2.56. The lowest BCUT2D eigenvalue weighted by molar-refractivity contribution is 0.388. The molecule has 0 amide bonds. The summed E-state index contributed by atoms with van der Waals surface area (Å²) in [5.74, 6) is 1.42. The Kier molecular flexibility index (Phi) is 2.58. The number of hydrogen-bond acceptors (Lipinski definition) is 2. The molecule has 0 spiro atoms. The highest BCUT2D eigenvalue weighted by Gasteiger charge is 2.18. The first kappa shape index (κ1) is 9.33. The minimum absolute atomic E-state index is 0.119. The normalized spacial score (nSPS) is 14.7. The van der Waals surface area contributed by atoms with Gasteiger partial charge in [-0.25, -0.2) is 0 Å². The van der Waals surface area contributed by atoms with Crippen LogP contribution in [0, 0.1) is 0 Å². The van der Waals surface area contributed by atoms with Crippen LogP contribution < -0.4 is 5.73 Å². The molecule has 0 aliphatic rings. The molecule has 1 atom stereocenters. The van der Waals surface area contributed by atoms with E-state index < -0.39 is 0 Å². The van der Waals surface area contributed by atoms with Crippen molar-refractivity contribution < 1.29 is 4.42 Å². The van der Waals surface area contributed by atoms with Crippen molar-refractivity contribution in [2.45, 2.75) is 38.6 Å². The van der Waals surface area contributed by atoms with E-state index in [1.807, 2.05) is 26.0 Å². The number of furan rings is 1. The van der Waals surface area contributed by atoms with Crippen molar-refractivity contribution in [1.82, 2.24) is 0 Å². The van der Waals surface area contributed by atoms with Gasteiger partial charge in [0.15, 0.2) is 0 Å². The van der Waals surface area contributed by atoms with E-state index in [4.69, 9.17) is 10.2 Å². The van der Waals surface area contributed by atoms with E-state index in [0.717, 1.165) is 12.2 Å². The third kappa shape index (κ3) is 2.70. The molecule has 2 N–H and O–H groups in total. The Bertz CT molecular complexity index is 220. The summed E-state index contributed by atoms with van der Waals surface area (Å²) in [5.41, 5.74) is 5.78. The van der Waals surface area contributed by atoms with Crippen LogP contribution >= 0.6 is 0 Å². The first-order valence-electron chi connectivity index (χ1n) is 4.31. The molecule has 1 unspecified atom stereocenters. The zero-order valence-electron chi connectivity index (χ0n) is 8.00. The standard InChI is InChI=1S/C10H17NO/c1-8(7-10(2,3)11)9-5-4-6-12-9/h4-6,8H,7,11H2,1-3H3. The average molecular weight is 167 g/mol. The van der Waals surface area contributed by atoms with Crippen LogP contribution in [0.3, 0.4) is 0 Å². The van der Waals surface area contributed by atoms with Crippen molar-refractivity contribution >= 4 is 0 Å². The van der Waals surface area contributed by atoms with Crippen LogP contribution in [0.15, 0.2) is 22.8 Å². The van der Waals surface area contributed by atoms with Gasteiger partial charge in [-0.15, -0.1) is 0 Å². The molecular weight excluding hydrogens is 150 g/mol. The molecule has 1 rings (SSSR count). The summed E-state index contributed by atoms with van der Waals surface area (Å²) in [5, 5.41) is 0. The summed E-state index contributed by atoms with van der Waals surface area (Å²) in [4.78, 5) is 0. The molecule has 2 heteroatoms. The van der Waals surface area contributed by atoms with E-state index in [1.165, 1.54) is 0 Å². The zero-order valence-corrected chi connectivity index (χ0v) is 8.00. The van der Waals surface area contributed by atoms with Crippen molar-refractivity contribution in [3.63, 3.8) is 0 Å². The Hall–Kier alpha value is -0.760. The van der Waals surface area contributed by atoms with Crippen molar-refractivity contribution in [3.05, 3.63) is 24.2 Å². The minimum atomic E-state index is -0.119. The summed E-state index contributed by atoms with van der Waals surface area (Å²) in [7, 11) is 0. The number of hydrogen-bond donors (Lipinski definition) is 1. The molecule has 0 bridgehead atoms. The van der Waals surface area contributed by atoms with Gasteiger partial charge in [0.05, 0.1) is 6.26 Å². The largest absolute Gasteiger partial charge is 0.469 e. The molecule has 1 heterocycles. The molecule has 0 radical (unpaired) electrons. The van der Waals surface area contributed by atoms with Crippen molar-refractivity contribution in [3.8, 4) is 0 Å². The van der Waals surface area contributed by atoms with Crippen LogP contribution in [-0.2, 0) is 0 Å². The van der Waals surface area contributed by atoms with Gasteiger partial charge in [-0.1, -0.05) is 6.92 Å². The molecule has 1 aromatic rings. The SMILES string of the molecule is CC(CC(C)(C)N)c1ccco1. The Morgan fingerprint density at radius 2 is 2.25 bits per heavy atom. The molecule has 68 valence electrons. The molecule has 12 heavy (non-hydrogen) atoms. The van der Waals surface area contributed by atoms with Gasteiger partial charge in [-0.05, 0) is 32.4 Å². The van der Waals surface area contributed by atoms with Crippen LogP contribution in [-0.4, -0.2) is 5.54 Å².